The first-order valence-corrected chi connectivity index (χ1v) is 19.9. The van der Waals surface area contributed by atoms with Gasteiger partial charge in [-0.3, -0.25) is 0 Å². The molecular weight excluding hydrogens is 689 g/mol. The molecule has 6 aromatic carbocycles. The van der Waals surface area contributed by atoms with Crippen molar-refractivity contribution in [3.63, 3.8) is 0 Å². The van der Waals surface area contributed by atoms with Gasteiger partial charge in [0.1, 0.15) is 6.17 Å². The van der Waals surface area contributed by atoms with Crippen molar-refractivity contribution in [3.8, 4) is 0 Å². The molecule has 0 fully saturated rings. The van der Waals surface area contributed by atoms with E-state index in [2.05, 4.69) is 219 Å². The quantitative estimate of drug-likeness (QED) is 0.176. The van der Waals surface area contributed by atoms with Crippen molar-refractivity contribution in [2.75, 3.05) is 10.2 Å². The van der Waals surface area contributed by atoms with Gasteiger partial charge in [-0.2, -0.15) is 0 Å². The van der Waals surface area contributed by atoms with Crippen molar-refractivity contribution in [2.24, 2.45) is 5.92 Å². The zero-order valence-corrected chi connectivity index (χ0v) is 32.6. The summed E-state index contributed by atoms with van der Waals surface area (Å²) in [7, 11) is 0. The lowest BCUT2D eigenvalue weighted by Crippen LogP contribution is -2.26. The van der Waals surface area contributed by atoms with Gasteiger partial charge in [-0.05, 0) is 116 Å². The Morgan fingerprint density at radius 1 is 0.702 bits per heavy atom. The molecule has 1 heterocycles. The predicted molar refractivity (Wildman–Crippen MR) is 244 cm³/mol. The number of anilines is 3. The molecular formula is C55H46N2. The van der Waals surface area contributed by atoms with E-state index in [1.807, 2.05) is 6.07 Å². The summed E-state index contributed by atoms with van der Waals surface area (Å²) < 4.78 is 0. The van der Waals surface area contributed by atoms with Crippen LogP contribution in [0.25, 0.3) is 29.0 Å². The third kappa shape index (κ3) is 6.64. The molecule has 3 unspecified atom stereocenters. The fraction of sp³-hybridized carbons (Fsp3) is 0.0909. The number of allylic oxidation sites excluding steroid dienone is 13. The summed E-state index contributed by atoms with van der Waals surface area (Å²) in [6, 6.07) is 52.3. The molecule has 6 aromatic rings. The molecule has 1 aliphatic heterocycles. The Balaban J connectivity index is 1.17. The van der Waals surface area contributed by atoms with E-state index < -0.39 is 0 Å². The van der Waals surface area contributed by atoms with Gasteiger partial charge >= 0.3 is 0 Å². The summed E-state index contributed by atoms with van der Waals surface area (Å²) in [5, 5.41) is 8.41. The van der Waals surface area contributed by atoms with Crippen LogP contribution in [0, 0.1) is 5.92 Å². The Bertz CT molecular complexity index is 2830. The van der Waals surface area contributed by atoms with Gasteiger partial charge in [0, 0.05) is 17.5 Å². The van der Waals surface area contributed by atoms with Crippen LogP contribution in [0.15, 0.2) is 223 Å². The van der Waals surface area contributed by atoms with Crippen LogP contribution in [0.1, 0.15) is 42.6 Å². The zero-order valence-electron chi connectivity index (χ0n) is 32.6. The highest BCUT2D eigenvalue weighted by atomic mass is 15.3. The first-order chi connectivity index (χ1) is 28.0. The van der Waals surface area contributed by atoms with Crippen LogP contribution in [-0.4, -0.2) is 0 Å². The fourth-order valence-corrected chi connectivity index (χ4v) is 8.85. The molecule has 3 atom stereocenters. The van der Waals surface area contributed by atoms with Gasteiger partial charge in [0.25, 0.3) is 0 Å². The Morgan fingerprint density at radius 2 is 1.42 bits per heavy atom. The highest BCUT2D eigenvalue weighted by molar-refractivity contribution is 5.86. The molecule has 1 N–H and O–H groups in total. The van der Waals surface area contributed by atoms with Crippen molar-refractivity contribution >= 4 is 46.1 Å². The lowest BCUT2D eigenvalue weighted by Gasteiger charge is -2.39. The molecule has 2 aliphatic carbocycles. The summed E-state index contributed by atoms with van der Waals surface area (Å²) >= 11 is 0. The molecule has 3 aliphatic rings. The van der Waals surface area contributed by atoms with E-state index in [4.69, 9.17) is 6.58 Å². The van der Waals surface area contributed by atoms with Crippen LogP contribution < -0.4 is 20.7 Å². The Morgan fingerprint density at radius 3 is 2.21 bits per heavy atom. The lowest BCUT2D eigenvalue weighted by atomic mass is 9.64. The van der Waals surface area contributed by atoms with E-state index in [0.717, 1.165) is 33.0 Å². The second-order valence-electron chi connectivity index (χ2n) is 15.0. The summed E-state index contributed by atoms with van der Waals surface area (Å²) in [5.41, 5.74) is 14.3. The van der Waals surface area contributed by atoms with Crippen LogP contribution in [0.4, 0.5) is 17.1 Å². The average Bonchev–Trinajstić information content (AvgIpc) is 3.65. The molecule has 9 rings (SSSR count). The number of nitrogens with zero attached hydrogens (tertiary/aromatic N) is 1. The topological polar surface area (TPSA) is 15.3 Å². The van der Waals surface area contributed by atoms with Crippen LogP contribution in [0.2, 0.25) is 0 Å². The van der Waals surface area contributed by atoms with E-state index in [9.17, 15) is 0 Å². The number of rotatable bonds is 7. The molecule has 0 saturated carbocycles. The van der Waals surface area contributed by atoms with Crippen LogP contribution in [0.3, 0.4) is 0 Å². The number of fused-ring (bicyclic) bond motifs is 3. The third-order valence-electron chi connectivity index (χ3n) is 11.7. The average molecular weight is 735 g/mol. The molecule has 0 spiro atoms. The Kier molecular flexibility index (Phi) is 9.62. The van der Waals surface area contributed by atoms with E-state index >= 15 is 0 Å². The Hall–Kier alpha value is -6.90. The number of benzene rings is 6. The molecule has 0 bridgehead atoms. The maximum atomic E-state index is 4.86. The third-order valence-corrected chi connectivity index (χ3v) is 11.7. The first-order valence-electron chi connectivity index (χ1n) is 19.9. The minimum absolute atomic E-state index is 0.0215. The van der Waals surface area contributed by atoms with E-state index in [1.165, 1.54) is 55.4 Å². The normalized spacial score (nSPS) is 20.3. The predicted octanol–water partition coefficient (Wildman–Crippen LogP) is 12.7. The van der Waals surface area contributed by atoms with Gasteiger partial charge in [0.2, 0.25) is 0 Å². The molecule has 276 valence electrons. The lowest BCUT2D eigenvalue weighted by molar-refractivity contribution is 0.635. The number of hydrogen-bond acceptors (Lipinski definition) is 2. The van der Waals surface area contributed by atoms with Gasteiger partial charge in [0.15, 0.2) is 0 Å². The summed E-state index contributed by atoms with van der Waals surface area (Å²) in [5.74, 6) is 0.135. The molecule has 2 nitrogen and oxygen atoms in total. The molecule has 57 heavy (non-hydrogen) atoms. The monoisotopic (exact) mass is 734 g/mol. The standard InChI is InChI=1S/C55H46N2/c1-5-7-23-48-38(4)53(39(6-2)34-43-19-12-11-17-37(43)3)49-33-32-45(36-50(49)54(48)46-31-28-40-18-13-14-20-44(40)35-46)41-26-29-42(30-27-41)55-56-51-24-15-16-25-52(51)57(55)47-21-9-8-10-22-47/h5-36,50,54-56H,3-4H2,1-2H3/b7-5-,39-6+,43-34-,48-23+. The molecule has 2 heteroatoms. The second kappa shape index (κ2) is 15.3. The van der Waals surface area contributed by atoms with Crippen LogP contribution in [-0.2, 0) is 0 Å². The van der Waals surface area contributed by atoms with Gasteiger partial charge in [-0.25, -0.2) is 0 Å². The van der Waals surface area contributed by atoms with Crippen molar-refractivity contribution in [3.05, 3.63) is 250 Å². The van der Waals surface area contributed by atoms with E-state index in [0.29, 0.717) is 0 Å². The molecule has 0 aromatic heterocycles. The number of nitrogens with one attached hydrogen (secondary N) is 1. The smallest absolute Gasteiger partial charge is 0.130 e. The molecule has 0 radical (unpaired) electrons. The van der Waals surface area contributed by atoms with Crippen molar-refractivity contribution < 1.29 is 0 Å². The minimum Gasteiger partial charge on any atom is -0.359 e. The zero-order chi connectivity index (χ0) is 38.9. The van der Waals surface area contributed by atoms with Crippen LogP contribution >= 0.6 is 0 Å². The van der Waals surface area contributed by atoms with Gasteiger partial charge in [-0.15, -0.1) is 0 Å². The van der Waals surface area contributed by atoms with Gasteiger partial charge < -0.3 is 10.2 Å². The maximum absolute atomic E-state index is 4.86. The van der Waals surface area contributed by atoms with Gasteiger partial charge in [-0.1, -0.05) is 177 Å². The highest BCUT2D eigenvalue weighted by Gasteiger charge is 2.38. The van der Waals surface area contributed by atoms with Gasteiger partial charge in [0.05, 0.1) is 11.4 Å². The van der Waals surface area contributed by atoms with E-state index in [1.54, 1.807) is 0 Å². The van der Waals surface area contributed by atoms with E-state index in [-0.39, 0.29) is 18.0 Å². The largest absolute Gasteiger partial charge is 0.359 e. The summed E-state index contributed by atoms with van der Waals surface area (Å²) in [6.07, 6.45) is 18.2. The maximum Gasteiger partial charge on any atom is 0.130 e. The number of para-hydroxylation sites is 3. The summed E-state index contributed by atoms with van der Waals surface area (Å²) in [4.78, 5) is 2.40. The minimum atomic E-state index is -0.0215. The van der Waals surface area contributed by atoms with Crippen molar-refractivity contribution in [1.29, 1.82) is 0 Å². The number of hydrogen-bond donors (Lipinski definition) is 1. The Labute approximate surface area is 336 Å². The molecule has 0 saturated heterocycles. The fourth-order valence-electron chi connectivity index (χ4n) is 8.85. The SMILES string of the molecule is C=C1C(C(/C=c2/ccccc2=C)=C/C)=C2C=CC(c3ccc(C4Nc5ccccc5N4c4ccccc4)cc3)=CC2C(c2ccc3ccccc3c2)/C1=C/C=C\C. The highest BCUT2D eigenvalue weighted by Crippen LogP contribution is 2.53. The van der Waals surface area contributed by atoms with Crippen molar-refractivity contribution in [1.82, 2.24) is 0 Å². The van der Waals surface area contributed by atoms with Crippen molar-refractivity contribution in [2.45, 2.75) is 25.9 Å². The summed E-state index contributed by atoms with van der Waals surface area (Å²) in [6.45, 7) is 13.4. The van der Waals surface area contributed by atoms with Crippen LogP contribution in [0.5, 0.6) is 0 Å². The second-order valence-corrected chi connectivity index (χ2v) is 15.0. The molecule has 0 amide bonds. The first kappa shape index (κ1) is 35.8.